The van der Waals surface area contributed by atoms with E-state index >= 15 is 0 Å². The molecule has 3 rings (SSSR count). The highest BCUT2D eigenvalue weighted by molar-refractivity contribution is 5.44. The van der Waals surface area contributed by atoms with Crippen molar-refractivity contribution in [3.63, 3.8) is 0 Å². The molecule has 2 aliphatic rings. The van der Waals surface area contributed by atoms with Crippen molar-refractivity contribution < 1.29 is 13.9 Å². The standard InChI is InChI=1S/C15H20FNO2/c16-15(11-4-6-17-7-5-11)12-2-3-13-14(10-12)19-9-1-8-18-13/h2-3,10-11,15,17H,1,4-9H2. The van der Waals surface area contributed by atoms with Crippen LogP contribution < -0.4 is 14.8 Å². The number of halogens is 1. The van der Waals surface area contributed by atoms with Gasteiger partial charge in [-0.3, -0.25) is 0 Å². The maximum atomic E-state index is 14.6. The molecule has 3 nitrogen and oxygen atoms in total. The first kappa shape index (κ1) is 12.7. The van der Waals surface area contributed by atoms with Gasteiger partial charge < -0.3 is 14.8 Å². The lowest BCUT2D eigenvalue weighted by molar-refractivity contribution is 0.190. The summed E-state index contributed by atoms with van der Waals surface area (Å²) in [6.07, 6.45) is 1.77. The highest BCUT2D eigenvalue weighted by Gasteiger charge is 2.25. The first-order valence-corrected chi connectivity index (χ1v) is 7.09. The first-order chi connectivity index (χ1) is 9.34. The minimum absolute atomic E-state index is 0.117. The van der Waals surface area contributed by atoms with Gasteiger partial charge in [0.1, 0.15) is 6.17 Å². The summed E-state index contributed by atoms with van der Waals surface area (Å²) in [7, 11) is 0. The Morgan fingerprint density at radius 3 is 2.63 bits per heavy atom. The molecule has 0 aromatic heterocycles. The molecule has 0 radical (unpaired) electrons. The molecule has 19 heavy (non-hydrogen) atoms. The van der Waals surface area contributed by atoms with E-state index in [1.165, 1.54) is 0 Å². The predicted molar refractivity (Wildman–Crippen MR) is 71.5 cm³/mol. The van der Waals surface area contributed by atoms with Crippen LogP contribution in [0.3, 0.4) is 0 Å². The van der Waals surface area contributed by atoms with E-state index in [2.05, 4.69) is 5.32 Å². The smallest absolute Gasteiger partial charge is 0.161 e. The van der Waals surface area contributed by atoms with Gasteiger partial charge in [-0.1, -0.05) is 6.07 Å². The number of rotatable bonds is 2. The van der Waals surface area contributed by atoms with Crippen molar-refractivity contribution in [1.29, 1.82) is 0 Å². The van der Waals surface area contributed by atoms with Crippen LogP contribution in [0.2, 0.25) is 0 Å². The monoisotopic (exact) mass is 265 g/mol. The lowest BCUT2D eigenvalue weighted by atomic mass is 9.89. The van der Waals surface area contributed by atoms with Gasteiger partial charge in [-0.15, -0.1) is 0 Å². The van der Waals surface area contributed by atoms with Crippen molar-refractivity contribution in [2.75, 3.05) is 26.3 Å². The summed E-state index contributed by atoms with van der Waals surface area (Å²) in [5.41, 5.74) is 0.719. The maximum Gasteiger partial charge on any atom is 0.161 e. The Bertz CT molecular complexity index is 432. The lowest BCUT2D eigenvalue weighted by Crippen LogP contribution is -2.29. The third-order valence-corrected chi connectivity index (χ3v) is 3.89. The van der Waals surface area contributed by atoms with E-state index in [1.807, 2.05) is 18.2 Å². The molecular formula is C15H20FNO2. The van der Waals surface area contributed by atoms with E-state index in [0.717, 1.165) is 43.7 Å². The second-order valence-electron chi connectivity index (χ2n) is 5.25. The Labute approximate surface area is 113 Å². The average molecular weight is 265 g/mol. The zero-order chi connectivity index (χ0) is 13.1. The van der Waals surface area contributed by atoms with Crippen molar-refractivity contribution in [1.82, 2.24) is 5.32 Å². The molecule has 1 saturated heterocycles. The quantitative estimate of drug-likeness (QED) is 0.892. The first-order valence-electron chi connectivity index (χ1n) is 7.09. The van der Waals surface area contributed by atoms with Crippen molar-refractivity contribution >= 4 is 0 Å². The fraction of sp³-hybridized carbons (Fsp3) is 0.600. The fourth-order valence-electron chi connectivity index (χ4n) is 2.76. The Balaban J connectivity index is 1.78. The average Bonchev–Trinajstić information content (AvgIpc) is 2.72. The van der Waals surface area contributed by atoms with Crippen molar-refractivity contribution in [2.24, 2.45) is 5.92 Å². The van der Waals surface area contributed by atoms with Gasteiger partial charge in [0, 0.05) is 6.42 Å². The molecule has 1 aromatic rings. The number of piperidine rings is 1. The molecule has 1 fully saturated rings. The number of benzene rings is 1. The molecule has 0 saturated carbocycles. The zero-order valence-corrected chi connectivity index (χ0v) is 11.0. The van der Waals surface area contributed by atoms with Gasteiger partial charge >= 0.3 is 0 Å². The topological polar surface area (TPSA) is 30.5 Å². The van der Waals surface area contributed by atoms with Crippen LogP contribution in [-0.4, -0.2) is 26.3 Å². The van der Waals surface area contributed by atoms with Crippen LogP contribution in [0.1, 0.15) is 31.0 Å². The molecule has 0 amide bonds. The summed E-state index contributed by atoms with van der Waals surface area (Å²) in [5.74, 6) is 1.54. The van der Waals surface area contributed by atoms with E-state index < -0.39 is 6.17 Å². The van der Waals surface area contributed by atoms with E-state index in [1.54, 1.807) is 0 Å². The summed E-state index contributed by atoms with van der Waals surface area (Å²) in [6.45, 7) is 3.13. The largest absolute Gasteiger partial charge is 0.490 e. The molecule has 4 heteroatoms. The van der Waals surface area contributed by atoms with E-state index in [0.29, 0.717) is 19.0 Å². The Kier molecular flexibility index (Phi) is 3.87. The predicted octanol–water partition coefficient (Wildman–Crippen LogP) is 2.86. The lowest BCUT2D eigenvalue weighted by Gasteiger charge is -2.26. The van der Waals surface area contributed by atoms with Gasteiger partial charge in [0.15, 0.2) is 11.5 Å². The summed E-state index contributed by atoms with van der Waals surface area (Å²) < 4.78 is 25.8. The number of fused-ring (bicyclic) bond motifs is 1. The maximum absolute atomic E-state index is 14.6. The fourth-order valence-corrected chi connectivity index (χ4v) is 2.76. The number of ether oxygens (including phenoxy) is 2. The number of hydrogen-bond donors (Lipinski definition) is 1. The van der Waals surface area contributed by atoms with Gasteiger partial charge in [0.2, 0.25) is 0 Å². The van der Waals surface area contributed by atoms with Crippen LogP contribution in [0.5, 0.6) is 11.5 Å². The molecule has 0 spiro atoms. The van der Waals surface area contributed by atoms with Gasteiger partial charge in [0.25, 0.3) is 0 Å². The summed E-state index contributed by atoms with van der Waals surface area (Å²) >= 11 is 0. The van der Waals surface area contributed by atoms with Crippen LogP contribution in [0.4, 0.5) is 4.39 Å². The second kappa shape index (κ2) is 5.78. The van der Waals surface area contributed by atoms with Gasteiger partial charge in [-0.25, -0.2) is 4.39 Å². The number of alkyl halides is 1. The third kappa shape index (κ3) is 2.84. The van der Waals surface area contributed by atoms with Gasteiger partial charge in [-0.2, -0.15) is 0 Å². The molecule has 1 atom stereocenters. The highest BCUT2D eigenvalue weighted by atomic mass is 19.1. The Morgan fingerprint density at radius 2 is 1.84 bits per heavy atom. The summed E-state index contributed by atoms with van der Waals surface area (Å²) in [5, 5.41) is 3.27. The van der Waals surface area contributed by atoms with E-state index in [-0.39, 0.29) is 5.92 Å². The summed E-state index contributed by atoms with van der Waals surface area (Å²) in [6, 6.07) is 5.48. The van der Waals surface area contributed by atoms with Gasteiger partial charge in [0.05, 0.1) is 13.2 Å². The number of hydrogen-bond acceptors (Lipinski definition) is 3. The minimum atomic E-state index is -0.903. The SMILES string of the molecule is FC(c1ccc2c(c1)OCCCO2)C1CCNCC1. The highest BCUT2D eigenvalue weighted by Crippen LogP contribution is 2.37. The zero-order valence-electron chi connectivity index (χ0n) is 11.0. The minimum Gasteiger partial charge on any atom is -0.490 e. The van der Waals surface area contributed by atoms with Crippen LogP contribution in [0.25, 0.3) is 0 Å². The molecular weight excluding hydrogens is 245 g/mol. The van der Waals surface area contributed by atoms with Crippen molar-refractivity contribution in [2.45, 2.75) is 25.4 Å². The van der Waals surface area contributed by atoms with E-state index in [4.69, 9.17) is 9.47 Å². The molecule has 1 aromatic carbocycles. The molecule has 0 bridgehead atoms. The molecule has 1 N–H and O–H groups in total. The molecule has 1 unspecified atom stereocenters. The van der Waals surface area contributed by atoms with Crippen LogP contribution >= 0.6 is 0 Å². The van der Waals surface area contributed by atoms with Crippen LogP contribution in [0, 0.1) is 5.92 Å². The third-order valence-electron chi connectivity index (χ3n) is 3.89. The Morgan fingerprint density at radius 1 is 1.11 bits per heavy atom. The Hall–Kier alpha value is -1.29. The molecule has 0 aliphatic carbocycles. The van der Waals surface area contributed by atoms with Gasteiger partial charge in [-0.05, 0) is 49.5 Å². The molecule has 2 heterocycles. The van der Waals surface area contributed by atoms with Crippen molar-refractivity contribution in [3.05, 3.63) is 23.8 Å². The van der Waals surface area contributed by atoms with E-state index in [9.17, 15) is 4.39 Å². The molecule has 104 valence electrons. The normalized spacial score (nSPS) is 21.7. The molecule has 2 aliphatic heterocycles. The summed E-state index contributed by atoms with van der Waals surface area (Å²) in [4.78, 5) is 0. The number of nitrogens with one attached hydrogen (secondary N) is 1. The second-order valence-corrected chi connectivity index (χ2v) is 5.25. The van der Waals surface area contributed by atoms with Crippen molar-refractivity contribution in [3.8, 4) is 11.5 Å². The van der Waals surface area contributed by atoms with Crippen LogP contribution in [0.15, 0.2) is 18.2 Å². The van der Waals surface area contributed by atoms with Crippen LogP contribution in [-0.2, 0) is 0 Å².